The van der Waals surface area contributed by atoms with Gasteiger partial charge in [-0.3, -0.25) is 14.4 Å². The van der Waals surface area contributed by atoms with Gasteiger partial charge in [-0.1, -0.05) is 220 Å². The fraction of sp³-hybridized carbons (Fsp3) is 0.936. The van der Waals surface area contributed by atoms with Crippen LogP contribution in [0, 0.1) is 5.92 Å². The summed E-state index contributed by atoms with van der Waals surface area (Å²) in [4.78, 5) is 37.7. The van der Waals surface area contributed by atoms with Gasteiger partial charge in [0.2, 0.25) is 0 Å². The van der Waals surface area contributed by atoms with E-state index in [-0.39, 0.29) is 31.1 Å². The number of esters is 3. The van der Waals surface area contributed by atoms with Crippen molar-refractivity contribution in [2.24, 2.45) is 5.92 Å². The maximum absolute atomic E-state index is 12.7. The molecule has 0 N–H and O–H groups in total. The van der Waals surface area contributed by atoms with Crippen LogP contribution in [0.25, 0.3) is 0 Å². The molecule has 0 aromatic carbocycles. The van der Waals surface area contributed by atoms with E-state index in [0.717, 1.165) is 63.7 Å². The van der Waals surface area contributed by atoms with Crippen LogP contribution < -0.4 is 0 Å². The van der Waals surface area contributed by atoms with Gasteiger partial charge in [0.05, 0.1) is 0 Å². The van der Waals surface area contributed by atoms with Crippen LogP contribution in [0.4, 0.5) is 0 Å². The highest BCUT2D eigenvalue weighted by molar-refractivity contribution is 5.71. The molecule has 0 aliphatic carbocycles. The van der Waals surface area contributed by atoms with E-state index in [1.807, 2.05) is 0 Å². The SMILES string of the molecule is CCCCCCCCCCCCCCCCC(=O)OC[C@@H](COC(=O)CCCCCCCCCCCC(C)C)OC(=O)CCCCCCCCCCC. The number of hydrogen-bond acceptors (Lipinski definition) is 6. The van der Waals surface area contributed by atoms with Crippen molar-refractivity contribution in [3.05, 3.63) is 0 Å². The number of unbranched alkanes of at least 4 members (excludes halogenated alkanes) is 29. The molecular formula is C47H90O6. The van der Waals surface area contributed by atoms with Crippen LogP contribution in [0.3, 0.4) is 0 Å². The average Bonchev–Trinajstić information content (AvgIpc) is 3.14. The molecule has 0 unspecified atom stereocenters. The van der Waals surface area contributed by atoms with E-state index >= 15 is 0 Å². The van der Waals surface area contributed by atoms with Crippen LogP contribution in [0.5, 0.6) is 0 Å². The van der Waals surface area contributed by atoms with Gasteiger partial charge >= 0.3 is 17.9 Å². The van der Waals surface area contributed by atoms with Crippen molar-refractivity contribution < 1.29 is 28.6 Å². The average molecular weight is 751 g/mol. The van der Waals surface area contributed by atoms with Crippen LogP contribution in [0.15, 0.2) is 0 Å². The normalized spacial score (nSPS) is 11.9. The molecule has 0 amide bonds. The Morgan fingerprint density at radius 3 is 0.925 bits per heavy atom. The molecule has 314 valence electrons. The van der Waals surface area contributed by atoms with E-state index < -0.39 is 6.10 Å². The molecule has 0 aromatic heterocycles. The minimum Gasteiger partial charge on any atom is -0.462 e. The molecule has 53 heavy (non-hydrogen) atoms. The summed E-state index contributed by atoms with van der Waals surface area (Å²) in [6.07, 6.45) is 40.9. The van der Waals surface area contributed by atoms with Crippen molar-refractivity contribution >= 4 is 17.9 Å². The molecule has 0 saturated heterocycles. The zero-order chi connectivity index (χ0) is 38.9. The predicted molar refractivity (Wildman–Crippen MR) is 224 cm³/mol. The summed E-state index contributed by atoms with van der Waals surface area (Å²) in [5.74, 6) is -0.0466. The smallest absolute Gasteiger partial charge is 0.306 e. The van der Waals surface area contributed by atoms with Gasteiger partial charge in [-0.25, -0.2) is 0 Å². The van der Waals surface area contributed by atoms with Gasteiger partial charge in [0.15, 0.2) is 6.10 Å². The second-order valence-electron chi connectivity index (χ2n) is 16.5. The lowest BCUT2D eigenvalue weighted by atomic mass is 10.0. The van der Waals surface area contributed by atoms with Crippen molar-refractivity contribution in [2.45, 2.75) is 265 Å². The number of ether oxygens (including phenoxy) is 3. The Morgan fingerprint density at radius 2 is 0.623 bits per heavy atom. The summed E-state index contributed by atoms with van der Waals surface area (Å²) in [6, 6.07) is 0. The zero-order valence-electron chi connectivity index (χ0n) is 36.0. The molecule has 1 atom stereocenters. The lowest BCUT2D eigenvalue weighted by Gasteiger charge is -2.18. The van der Waals surface area contributed by atoms with E-state index in [0.29, 0.717) is 19.3 Å². The van der Waals surface area contributed by atoms with E-state index in [9.17, 15) is 14.4 Å². The minimum absolute atomic E-state index is 0.0638. The topological polar surface area (TPSA) is 78.9 Å². The maximum atomic E-state index is 12.7. The number of carbonyl (C=O) groups is 3. The van der Waals surface area contributed by atoms with Gasteiger partial charge in [0.1, 0.15) is 13.2 Å². The van der Waals surface area contributed by atoms with E-state index in [2.05, 4.69) is 27.7 Å². The molecule has 0 rings (SSSR count). The second-order valence-corrected chi connectivity index (χ2v) is 16.5. The van der Waals surface area contributed by atoms with Gasteiger partial charge in [0.25, 0.3) is 0 Å². The van der Waals surface area contributed by atoms with Gasteiger partial charge in [0, 0.05) is 19.3 Å². The fourth-order valence-corrected chi connectivity index (χ4v) is 6.98. The van der Waals surface area contributed by atoms with Crippen LogP contribution in [0.1, 0.15) is 259 Å². The maximum Gasteiger partial charge on any atom is 0.306 e. The molecule has 0 aromatic rings. The minimum atomic E-state index is -0.758. The van der Waals surface area contributed by atoms with E-state index in [1.54, 1.807) is 0 Å². The lowest BCUT2D eigenvalue weighted by molar-refractivity contribution is -0.167. The summed E-state index contributed by atoms with van der Waals surface area (Å²) in [6.45, 7) is 8.96. The van der Waals surface area contributed by atoms with Gasteiger partial charge < -0.3 is 14.2 Å². The number of hydrogen-bond donors (Lipinski definition) is 0. The third kappa shape index (κ3) is 41.4. The third-order valence-corrected chi connectivity index (χ3v) is 10.5. The largest absolute Gasteiger partial charge is 0.462 e. The zero-order valence-corrected chi connectivity index (χ0v) is 36.0. The standard InChI is InChI=1S/C47H90O6/c1-5-7-9-11-13-15-16-17-18-19-23-26-30-34-38-45(48)51-41-44(53-47(50)40-36-32-28-21-14-12-10-8-6-2)42-52-46(49)39-35-31-27-24-20-22-25-29-33-37-43(3)4/h43-44H,5-42H2,1-4H3/t44-/m0/s1. The summed E-state index contributed by atoms with van der Waals surface area (Å²) in [7, 11) is 0. The van der Waals surface area contributed by atoms with Gasteiger partial charge in [-0.05, 0) is 25.2 Å². The molecule has 0 heterocycles. The number of rotatable bonds is 42. The Hall–Kier alpha value is -1.59. The Bertz CT molecular complexity index is 796. The highest BCUT2D eigenvalue weighted by Crippen LogP contribution is 2.16. The fourth-order valence-electron chi connectivity index (χ4n) is 6.98. The van der Waals surface area contributed by atoms with Crippen molar-refractivity contribution in [3.63, 3.8) is 0 Å². The van der Waals surface area contributed by atoms with Crippen LogP contribution >= 0.6 is 0 Å². The molecule has 0 aliphatic rings. The molecule has 0 radical (unpaired) electrons. The highest BCUT2D eigenvalue weighted by Gasteiger charge is 2.19. The summed E-state index contributed by atoms with van der Waals surface area (Å²) < 4.78 is 16.7. The van der Waals surface area contributed by atoms with Crippen LogP contribution in [-0.2, 0) is 28.6 Å². The van der Waals surface area contributed by atoms with Crippen molar-refractivity contribution in [2.75, 3.05) is 13.2 Å². The quantitative estimate of drug-likeness (QED) is 0.0351. The number of carbonyl (C=O) groups excluding carboxylic acids is 3. The Morgan fingerprint density at radius 1 is 0.358 bits per heavy atom. The molecule has 0 aliphatic heterocycles. The monoisotopic (exact) mass is 751 g/mol. The Kier molecular flexibility index (Phi) is 40.3. The van der Waals surface area contributed by atoms with Crippen molar-refractivity contribution in [1.29, 1.82) is 0 Å². The summed E-state index contributed by atoms with van der Waals surface area (Å²) >= 11 is 0. The van der Waals surface area contributed by atoms with Crippen molar-refractivity contribution in [3.8, 4) is 0 Å². The Balaban J connectivity index is 4.28. The van der Waals surface area contributed by atoms with Crippen LogP contribution in [-0.4, -0.2) is 37.2 Å². The predicted octanol–water partition coefficient (Wildman–Crippen LogP) is 14.7. The first-order valence-corrected chi connectivity index (χ1v) is 23.4. The molecule has 0 spiro atoms. The first kappa shape index (κ1) is 51.4. The van der Waals surface area contributed by atoms with E-state index in [4.69, 9.17) is 14.2 Å². The summed E-state index contributed by atoms with van der Waals surface area (Å²) in [5.41, 5.74) is 0. The molecular weight excluding hydrogens is 661 g/mol. The molecule has 0 saturated carbocycles. The molecule has 0 fully saturated rings. The van der Waals surface area contributed by atoms with E-state index in [1.165, 1.54) is 154 Å². The molecule has 0 bridgehead atoms. The summed E-state index contributed by atoms with van der Waals surface area (Å²) in [5, 5.41) is 0. The highest BCUT2D eigenvalue weighted by atomic mass is 16.6. The van der Waals surface area contributed by atoms with Crippen molar-refractivity contribution in [1.82, 2.24) is 0 Å². The first-order valence-electron chi connectivity index (χ1n) is 23.4. The third-order valence-electron chi connectivity index (χ3n) is 10.5. The lowest BCUT2D eigenvalue weighted by Crippen LogP contribution is -2.30. The first-order chi connectivity index (χ1) is 25.9. The molecule has 6 heteroatoms. The van der Waals surface area contributed by atoms with Crippen LogP contribution in [0.2, 0.25) is 0 Å². The molecule has 6 nitrogen and oxygen atoms in total. The van der Waals surface area contributed by atoms with Gasteiger partial charge in [-0.15, -0.1) is 0 Å². The Labute approximate surface area is 329 Å². The van der Waals surface area contributed by atoms with Gasteiger partial charge in [-0.2, -0.15) is 0 Å². The second kappa shape index (κ2) is 41.6.